The Balaban J connectivity index is 2.17. The number of hydrogen-bond acceptors (Lipinski definition) is 5. The van der Waals surface area contributed by atoms with Crippen molar-refractivity contribution < 1.29 is 9.90 Å². The fourth-order valence-electron chi connectivity index (χ4n) is 2.99. The van der Waals surface area contributed by atoms with E-state index in [0.29, 0.717) is 28.6 Å². The Morgan fingerprint density at radius 2 is 1.81 bits per heavy atom. The zero-order chi connectivity index (χ0) is 19.8. The van der Waals surface area contributed by atoms with E-state index in [-0.39, 0.29) is 6.42 Å². The molecule has 27 heavy (non-hydrogen) atoms. The van der Waals surface area contributed by atoms with Gasteiger partial charge in [0.1, 0.15) is 0 Å². The van der Waals surface area contributed by atoms with Crippen LogP contribution in [0, 0.1) is 0 Å². The van der Waals surface area contributed by atoms with Crippen LogP contribution in [0.4, 0.5) is 0 Å². The van der Waals surface area contributed by atoms with E-state index in [1.807, 2.05) is 4.57 Å². The Morgan fingerprint density at radius 1 is 1.15 bits per heavy atom. The Morgan fingerprint density at radius 3 is 2.48 bits per heavy atom. The molecule has 0 atom stereocenters. The Labute approximate surface area is 162 Å². The number of nitrogens with zero attached hydrogens (tertiary/aromatic N) is 3. The van der Waals surface area contributed by atoms with E-state index in [9.17, 15) is 14.4 Å². The number of rotatable bonds is 12. The van der Waals surface area contributed by atoms with Gasteiger partial charge in [0.15, 0.2) is 16.3 Å². The second-order valence-electron chi connectivity index (χ2n) is 6.65. The summed E-state index contributed by atoms with van der Waals surface area (Å²) in [5.41, 5.74) is -0.241. The van der Waals surface area contributed by atoms with Gasteiger partial charge in [-0.3, -0.25) is 19.1 Å². The molecule has 2 heterocycles. The number of nitrogens with one attached hydrogen (secondary N) is 1. The van der Waals surface area contributed by atoms with Gasteiger partial charge >= 0.3 is 11.7 Å². The van der Waals surface area contributed by atoms with Crippen LogP contribution in [-0.2, 0) is 18.4 Å². The largest absolute Gasteiger partial charge is 0.481 e. The van der Waals surface area contributed by atoms with Crippen LogP contribution < -0.4 is 11.2 Å². The van der Waals surface area contributed by atoms with Crippen molar-refractivity contribution in [2.75, 3.05) is 5.75 Å². The average molecular weight is 397 g/mol. The number of carbonyl (C=O) groups is 1. The van der Waals surface area contributed by atoms with Gasteiger partial charge < -0.3 is 9.67 Å². The van der Waals surface area contributed by atoms with Crippen molar-refractivity contribution in [2.45, 2.75) is 70.0 Å². The normalized spacial score (nSPS) is 11.3. The first-order valence-corrected chi connectivity index (χ1v) is 10.5. The molecule has 0 bridgehead atoms. The smallest absolute Gasteiger partial charge is 0.329 e. The van der Waals surface area contributed by atoms with Crippen LogP contribution in [0.2, 0.25) is 0 Å². The Kier molecular flexibility index (Phi) is 8.15. The summed E-state index contributed by atoms with van der Waals surface area (Å²) in [6.07, 6.45) is 8.10. The number of fused-ring (bicyclic) bond motifs is 1. The maximum absolute atomic E-state index is 12.3. The van der Waals surface area contributed by atoms with Gasteiger partial charge in [-0.05, 0) is 6.42 Å². The molecule has 0 saturated heterocycles. The molecule has 0 aliphatic carbocycles. The highest BCUT2D eigenvalue weighted by molar-refractivity contribution is 7.99. The number of imidazole rings is 1. The van der Waals surface area contributed by atoms with E-state index in [4.69, 9.17) is 5.11 Å². The maximum Gasteiger partial charge on any atom is 0.329 e. The van der Waals surface area contributed by atoms with Crippen molar-refractivity contribution in [3.05, 3.63) is 20.8 Å². The lowest BCUT2D eigenvalue weighted by Crippen LogP contribution is -2.29. The number of unbranched alkanes of at least 4 members (excludes halogenated alkanes) is 6. The van der Waals surface area contributed by atoms with Crippen LogP contribution in [0.25, 0.3) is 11.2 Å². The molecule has 0 aliphatic rings. The molecule has 0 aliphatic heterocycles. The Bertz CT molecular complexity index is 884. The standard InChI is InChI=1S/C18H28N4O4S/c1-3-4-5-6-7-8-9-11-22-14-15(21(2)17(26)20-16(14)25)19-18(22)27-12-10-13(23)24/h3-12H2,1-2H3,(H,23,24)(H,20,25,26). The number of thioether (sulfide) groups is 1. The first-order chi connectivity index (χ1) is 13.0. The van der Waals surface area contributed by atoms with Crippen LogP contribution in [0.15, 0.2) is 14.7 Å². The van der Waals surface area contributed by atoms with E-state index in [1.54, 1.807) is 7.05 Å². The molecule has 9 heteroatoms. The summed E-state index contributed by atoms with van der Waals surface area (Å²) in [7, 11) is 1.57. The average Bonchev–Trinajstić information content (AvgIpc) is 2.98. The molecular weight excluding hydrogens is 368 g/mol. The third-order valence-electron chi connectivity index (χ3n) is 4.50. The third-order valence-corrected chi connectivity index (χ3v) is 5.48. The molecule has 0 radical (unpaired) electrons. The molecule has 2 aromatic rings. The highest BCUT2D eigenvalue weighted by atomic mass is 32.2. The fourth-order valence-corrected chi connectivity index (χ4v) is 3.94. The molecule has 0 unspecified atom stereocenters. The minimum absolute atomic E-state index is 0.0145. The molecule has 0 amide bonds. The lowest BCUT2D eigenvalue weighted by Gasteiger charge is -2.08. The lowest BCUT2D eigenvalue weighted by molar-refractivity contribution is -0.136. The van der Waals surface area contributed by atoms with Crippen molar-refractivity contribution in [3.63, 3.8) is 0 Å². The summed E-state index contributed by atoms with van der Waals surface area (Å²) in [6.45, 7) is 2.82. The van der Waals surface area contributed by atoms with Crippen LogP contribution in [0.3, 0.4) is 0 Å². The van der Waals surface area contributed by atoms with Gasteiger partial charge in [-0.2, -0.15) is 0 Å². The molecule has 150 valence electrons. The predicted molar refractivity (Wildman–Crippen MR) is 107 cm³/mol. The molecule has 2 aromatic heterocycles. The zero-order valence-electron chi connectivity index (χ0n) is 16.0. The molecule has 0 spiro atoms. The first-order valence-electron chi connectivity index (χ1n) is 9.49. The molecule has 0 aromatic carbocycles. The maximum atomic E-state index is 12.3. The lowest BCUT2D eigenvalue weighted by atomic mass is 10.1. The number of aryl methyl sites for hydroxylation is 2. The fraction of sp³-hybridized carbons (Fsp3) is 0.667. The Hall–Kier alpha value is -2.03. The summed E-state index contributed by atoms with van der Waals surface area (Å²) in [5, 5.41) is 9.43. The van der Waals surface area contributed by atoms with Crippen LogP contribution in [-0.4, -0.2) is 35.9 Å². The quantitative estimate of drug-likeness (QED) is 0.422. The second kappa shape index (κ2) is 10.3. The summed E-state index contributed by atoms with van der Waals surface area (Å²) < 4.78 is 3.14. The van der Waals surface area contributed by atoms with Gasteiger partial charge in [-0.15, -0.1) is 0 Å². The van der Waals surface area contributed by atoms with Crippen molar-refractivity contribution in [3.8, 4) is 0 Å². The number of H-pyrrole nitrogens is 1. The van der Waals surface area contributed by atoms with E-state index in [2.05, 4.69) is 16.9 Å². The summed E-state index contributed by atoms with van der Waals surface area (Å²) in [4.78, 5) is 41.7. The highest BCUT2D eigenvalue weighted by Crippen LogP contribution is 2.23. The predicted octanol–water partition coefficient (Wildman–Crippen LogP) is 2.74. The monoisotopic (exact) mass is 396 g/mol. The van der Waals surface area contributed by atoms with Crippen LogP contribution in [0.1, 0.15) is 58.3 Å². The molecule has 0 saturated carbocycles. The first kappa shape index (κ1) is 21.3. The molecule has 2 N–H and O–H groups in total. The number of aromatic amines is 1. The summed E-state index contributed by atoms with van der Waals surface area (Å²) in [6, 6.07) is 0. The molecule has 0 fully saturated rings. The third kappa shape index (κ3) is 5.72. The number of aliphatic carboxylic acids is 1. The number of aromatic nitrogens is 4. The van der Waals surface area contributed by atoms with Crippen molar-refractivity contribution in [2.24, 2.45) is 7.05 Å². The van der Waals surface area contributed by atoms with Crippen LogP contribution in [0.5, 0.6) is 0 Å². The van der Waals surface area contributed by atoms with Crippen molar-refractivity contribution in [1.82, 2.24) is 19.1 Å². The van der Waals surface area contributed by atoms with E-state index in [1.165, 1.54) is 42.0 Å². The van der Waals surface area contributed by atoms with E-state index in [0.717, 1.165) is 19.3 Å². The van der Waals surface area contributed by atoms with Gasteiger partial charge in [0, 0.05) is 19.3 Å². The second-order valence-corrected chi connectivity index (χ2v) is 7.71. The molecule has 2 rings (SSSR count). The van der Waals surface area contributed by atoms with Crippen molar-refractivity contribution >= 4 is 28.9 Å². The zero-order valence-corrected chi connectivity index (χ0v) is 16.8. The topological polar surface area (TPSA) is 110 Å². The van der Waals surface area contributed by atoms with Gasteiger partial charge in [-0.25, -0.2) is 9.78 Å². The van der Waals surface area contributed by atoms with Gasteiger partial charge in [0.25, 0.3) is 5.56 Å². The minimum atomic E-state index is -0.873. The van der Waals surface area contributed by atoms with Crippen LogP contribution >= 0.6 is 11.8 Å². The van der Waals surface area contributed by atoms with Crippen molar-refractivity contribution in [1.29, 1.82) is 0 Å². The highest BCUT2D eigenvalue weighted by Gasteiger charge is 2.17. The van der Waals surface area contributed by atoms with E-state index >= 15 is 0 Å². The van der Waals surface area contributed by atoms with Gasteiger partial charge in [0.05, 0.1) is 6.42 Å². The number of carboxylic acid groups (broad SMARTS) is 1. The SMILES string of the molecule is CCCCCCCCCn1c(SCCC(=O)O)nc2c1c(=O)[nH]c(=O)n2C. The van der Waals surface area contributed by atoms with E-state index < -0.39 is 17.2 Å². The molecular formula is C18H28N4O4S. The summed E-state index contributed by atoms with van der Waals surface area (Å²) in [5.74, 6) is -0.510. The van der Waals surface area contributed by atoms with Gasteiger partial charge in [0.2, 0.25) is 0 Å². The number of hydrogen-bond donors (Lipinski definition) is 2. The summed E-state index contributed by atoms with van der Waals surface area (Å²) >= 11 is 1.30. The minimum Gasteiger partial charge on any atom is -0.481 e. The number of carboxylic acids is 1. The molecule has 8 nitrogen and oxygen atoms in total. The van der Waals surface area contributed by atoms with Gasteiger partial charge in [-0.1, -0.05) is 57.2 Å².